The third-order valence-electron chi connectivity index (χ3n) is 2.92. The fraction of sp³-hybridized carbons (Fsp3) is 0.417. The molecule has 1 aliphatic heterocycles. The lowest BCUT2D eigenvalue weighted by atomic mass is 10.1. The lowest BCUT2D eigenvalue weighted by Crippen LogP contribution is -2.35. The largest absolute Gasteiger partial charge is 0.376 e. The van der Waals surface area contributed by atoms with E-state index in [1.807, 2.05) is 0 Å². The molecule has 2 N–H and O–H groups in total. The van der Waals surface area contributed by atoms with E-state index in [1.54, 1.807) is 19.9 Å². The summed E-state index contributed by atoms with van der Waals surface area (Å²) in [6.07, 6.45) is 0. The highest BCUT2D eigenvalue weighted by Gasteiger charge is 2.61. The molecule has 2 rings (SSSR count). The second-order valence-corrected chi connectivity index (χ2v) is 6.74. The van der Waals surface area contributed by atoms with E-state index in [9.17, 15) is 14.5 Å². The molecular weight excluding hydrogens is 305 g/mol. The van der Waals surface area contributed by atoms with Gasteiger partial charge in [-0.05, 0) is 32.0 Å². The Balaban J connectivity index is 2.61. The van der Waals surface area contributed by atoms with E-state index in [4.69, 9.17) is 20.6 Å². The Kier molecular flexibility index (Phi) is 4.23. The van der Waals surface area contributed by atoms with E-state index in [1.165, 1.54) is 12.1 Å². The minimum Gasteiger partial charge on any atom is -0.366 e. The molecule has 0 radical (unpaired) electrons. The highest BCUT2D eigenvalue weighted by Crippen LogP contribution is 2.66. The molecule has 1 aromatic carbocycles. The van der Waals surface area contributed by atoms with Crippen molar-refractivity contribution in [1.29, 1.82) is 0 Å². The highest BCUT2D eigenvalue weighted by molar-refractivity contribution is 7.56. The first kappa shape index (κ1) is 15.5. The van der Waals surface area contributed by atoms with Crippen molar-refractivity contribution in [2.24, 2.45) is 0 Å². The van der Waals surface area contributed by atoms with Gasteiger partial charge < -0.3 is 19.5 Å². The molecule has 0 aliphatic carbocycles. The Labute approximate surface area is 121 Å². The Bertz CT molecular complexity index is 583. The molecule has 0 aromatic heterocycles. The van der Waals surface area contributed by atoms with E-state index in [2.05, 4.69) is 5.32 Å². The van der Waals surface area contributed by atoms with Crippen LogP contribution in [0.15, 0.2) is 18.2 Å². The first-order valence-electron chi connectivity index (χ1n) is 6.12. The summed E-state index contributed by atoms with van der Waals surface area (Å²) >= 11 is 5.88. The normalized spacial score (nSPS) is 21.7. The second-order valence-electron chi connectivity index (χ2n) is 4.15. The molecule has 20 heavy (non-hydrogen) atoms. The van der Waals surface area contributed by atoms with Crippen molar-refractivity contribution in [1.82, 2.24) is 0 Å². The number of amides is 1. The molecular formula is C12H15ClNO5P. The third kappa shape index (κ3) is 2.18. The van der Waals surface area contributed by atoms with Gasteiger partial charge in [0.15, 0.2) is 0 Å². The molecule has 1 heterocycles. The molecule has 1 amide bonds. The van der Waals surface area contributed by atoms with Crippen molar-refractivity contribution in [3.8, 4) is 0 Å². The maximum absolute atomic E-state index is 12.8. The van der Waals surface area contributed by atoms with Crippen LogP contribution in [-0.2, 0) is 23.7 Å². The maximum atomic E-state index is 12.8. The topological polar surface area (TPSA) is 84.9 Å². The predicted molar refractivity (Wildman–Crippen MR) is 74.8 cm³/mol. The van der Waals surface area contributed by atoms with Gasteiger partial charge in [0, 0.05) is 16.3 Å². The van der Waals surface area contributed by atoms with Crippen LogP contribution < -0.4 is 5.32 Å². The van der Waals surface area contributed by atoms with Gasteiger partial charge in [-0.25, -0.2) is 0 Å². The summed E-state index contributed by atoms with van der Waals surface area (Å²) in [5.74, 6) is -0.847. The van der Waals surface area contributed by atoms with E-state index < -0.39 is 18.8 Å². The van der Waals surface area contributed by atoms with Gasteiger partial charge in [0.25, 0.3) is 11.2 Å². The number of hydrogen-bond donors (Lipinski definition) is 2. The van der Waals surface area contributed by atoms with Gasteiger partial charge in [0.05, 0.1) is 13.2 Å². The van der Waals surface area contributed by atoms with Gasteiger partial charge in [-0.2, -0.15) is 0 Å². The monoisotopic (exact) mass is 319 g/mol. The van der Waals surface area contributed by atoms with E-state index >= 15 is 0 Å². The van der Waals surface area contributed by atoms with Crippen molar-refractivity contribution < 1.29 is 23.5 Å². The van der Waals surface area contributed by atoms with Crippen LogP contribution >= 0.6 is 19.2 Å². The minimum absolute atomic E-state index is 0.0305. The number of anilines is 1. The molecule has 1 aromatic rings. The Morgan fingerprint density at radius 3 is 2.50 bits per heavy atom. The summed E-state index contributed by atoms with van der Waals surface area (Å²) < 4.78 is 23.0. The first-order valence-corrected chi connectivity index (χ1v) is 8.04. The fourth-order valence-electron chi connectivity index (χ4n) is 2.08. The smallest absolute Gasteiger partial charge is 0.366 e. The molecule has 0 bridgehead atoms. The lowest BCUT2D eigenvalue weighted by molar-refractivity contribution is -0.128. The number of benzene rings is 1. The van der Waals surface area contributed by atoms with Crippen molar-refractivity contribution in [2.75, 3.05) is 18.5 Å². The van der Waals surface area contributed by atoms with Gasteiger partial charge in [0.2, 0.25) is 0 Å². The molecule has 6 nitrogen and oxygen atoms in total. The van der Waals surface area contributed by atoms with Gasteiger partial charge in [-0.3, -0.25) is 9.36 Å². The van der Waals surface area contributed by atoms with E-state index in [0.29, 0.717) is 10.7 Å². The number of hydrogen-bond acceptors (Lipinski definition) is 5. The maximum Gasteiger partial charge on any atom is 0.376 e. The first-order chi connectivity index (χ1) is 9.39. The molecule has 0 fully saturated rings. The van der Waals surface area contributed by atoms with Crippen molar-refractivity contribution >= 4 is 30.8 Å². The van der Waals surface area contributed by atoms with Crippen molar-refractivity contribution in [3.05, 3.63) is 28.8 Å². The van der Waals surface area contributed by atoms with Crippen LogP contribution in [0.2, 0.25) is 5.02 Å². The van der Waals surface area contributed by atoms with E-state index in [-0.39, 0.29) is 18.8 Å². The number of rotatable bonds is 5. The quantitative estimate of drug-likeness (QED) is 0.815. The summed E-state index contributed by atoms with van der Waals surface area (Å²) in [5.41, 5.74) is 0.432. The van der Waals surface area contributed by atoms with Gasteiger partial charge in [0.1, 0.15) is 0 Å². The number of halogens is 1. The van der Waals surface area contributed by atoms with Crippen LogP contribution in [0, 0.1) is 0 Å². The zero-order valence-corrected chi connectivity index (χ0v) is 12.7. The number of carbonyl (C=O) groups excluding carboxylic acids is 1. The van der Waals surface area contributed by atoms with Crippen LogP contribution in [0.1, 0.15) is 19.4 Å². The number of aliphatic hydroxyl groups is 1. The molecule has 0 unspecified atom stereocenters. The number of carbonyl (C=O) groups is 1. The van der Waals surface area contributed by atoms with Gasteiger partial charge >= 0.3 is 7.60 Å². The summed E-state index contributed by atoms with van der Waals surface area (Å²) in [7, 11) is -4.10. The van der Waals surface area contributed by atoms with Gasteiger partial charge in [-0.15, -0.1) is 0 Å². The fourth-order valence-corrected chi connectivity index (χ4v) is 4.17. The average Bonchev–Trinajstić information content (AvgIpc) is 2.64. The molecule has 0 saturated carbocycles. The second kappa shape index (κ2) is 5.47. The summed E-state index contributed by atoms with van der Waals surface area (Å²) in [5, 5.41) is 11.1. The minimum atomic E-state index is -4.10. The van der Waals surface area contributed by atoms with Crippen LogP contribution in [0.4, 0.5) is 5.69 Å². The number of fused-ring (bicyclic) bond motifs is 1. The zero-order valence-electron chi connectivity index (χ0n) is 11.1. The molecule has 0 spiro atoms. The summed E-state index contributed by atoms with van der Waals surface area (Å²) in [6, 6.07) is 4.45. The van der Waals surface area contributed by atoms with Crippen molar-refractivity contribution in [2.45, 2.75) is 19.2 Å². The molecule has 0 saturated heterocycles. The van der Waals surface area contributed by atoms with Crippen molar-refractivity contribution in [3.63, 3.8) is 0 Å². The van der Waals surface area contributed by atoms with Crippen LogP contribution in [0.25, 0.3) is 0 Å². The summed E-state index contributed by atoms with van der Waals surface area (Å²) in [6.45, 7) is 3.26. The average molecular weight is 320 g/mol. The Hall–Kier alpha value is -0.910. The Morgan fingerprint density at radius 2 is 1.95 bits per heavy atom. The molecule has 110 valence electrons. The summed E-state index contributed by atoms with van der Waals surface area (Å²) in [4.78, 5) is 12.1. The Morgan fingerprint density at radius 1 is 1.35 bits per heavy atom. The molecule has 1 atom stereocenters. The van der Waals surface area contributed by atoms with E-state index in [0.717, 1.165) is 0 Å². The third-order valence-corrected chi connectivity index (χ3v) is 5.58. The van der Waals surface area contributed by atoms with Crippen LogP contribution in [-0.4, -0.2) is 24.2 Å². The molecule has 8 heteroatoms. The van der Waals surface area contributed by atoms with Gasteiger partial charge in [-0.1, -0.05) is 11.6 Å². The molecule has 1 aliphatic rings. The SMILES string of the molecule is CCOP(=O)(OCC)[C@]1(O)C(=O)Nc2ccc(Cl)cc21. The number of nitrogens with one attached hydrogen (secondary N) is 1. The van der Waals surface area contributed by atoms with Crippen LogP contribution in [0.5, 0.6) is 0 Å². The highest BCUT2D eigenvalue weighted by atomic mass is 35.5. The van der Waals surface area contributed by atoms with Crippen LogP contribution in [0.3, 0.4) is 0 Å². The standard InChI is InChI=1S/C12H15ClNO5P/c1-3-18-20(17,19-4-2)12(16)9-7-8(13)5-6-10(9)14-11(12)15/h5-7,16H,3-4H2,1-2H3,(H,14,15)/t12-/m0/s1. The lowest BCUT2D eigenvalue weighted by Gasteiger charge is -2.29. The predicted octanol–water partition coefficient (Wildman–Crippen LogP) is 2.70. The zero-order chi connectivity index (χ0) is 15.0.